The average molecular weight is 359 g/mol. The van der Waals surface area contributed by atoms with E-state index in [0.717, 1.165) is 22.4 Å². The molecule has 1 aromatic heterocycles. The van der Waals surface area contributed by atoms with Crippen LogP contribution in [0.3, 0.4) is 0 Å². The summed E-state index contributed by atoms with van der Waals surface area (Å²) < 4.78 is 39.2. The van der Waals surface area contributed by atoms with Crippen LogP contribution in [0.15, 0.2) is 53.3 Å². The molecule has 0 unspecified atom stereocenters. The molecule has 2 aromatic carbocycles. The van der Waals surface area contributed by atoms with E-state index in [2.05, 4.69) is 5.10 Å². The lowest BCUT2D eigenvalue weighted by Gasteiger charge is -2.14. The van der Waals surface area contributed by atoms with Crippen molar-refractivity contribution in [3.05, 3.63) is 75.7 Å². The van der Waals surface area contributed by atoms with E-state index in [1.54, 1.807) is 32.0 Å². The third-order valence-electron chi connectivity index (χ3n) is 4.11. The van der Waals surface area contributed by atoms with Crippen LogP contribution >= 0.6 is 0 Å². The smallest absolute Gasteiger partial charge is 0.399 e. The number of nitrogen functional groups attached to an aromatic ring is 1. The fourth-order valence-electron chi connectivity index (χ4n) is 2.87. The van der Waals surface area contributed by atoms with Gasteiger partial charge in [0.25, 0.3) is 5.56 Å². The number of nitrogens with zero attached hydrogens (tertiary/aromatic N) is 2. The first-order valence-electron chi connectivity index (χ1n) is 7.82. The Bertz CT molecular complexity index is 1020. The third kappa shape index (κ3) is 3.20. The summed E-state index contributed by atoms with van der Waals surface area (Å²) in [6.07, 6.45) is -4.43. The Kier molecular flexibility index (Phi) is 4.31. The molecule has 4 nitrogen and oxygen atoms in total. The number of rotatable bonds is 2. The molecular formula is C19H16F3N3O. The van der Waals surface area contributed by atoms with Crippen LogP contribution in [0.5, 0.6) is 0 Å². The molecule has 3 aromatic rings. The van der Waals surface area contributed by atoms with Crippen molar-refractivity contribution in [3.8, 4) is 16.8 Å². The SMILES string of the molecule is Cc1nn(-c2ccc(C(F)(F)F)cc2)c(=O)c(C)c1-c1cccc(N)c1. The van der Waals surface area contributed by atoms with Gasteiger partial charge < -0.3 is 5.73 Å². The molecule has 0 fully saturated rings. The van der Waals surface area contributed by atoms with E-state index in [9.17, 15) is 18.0 Å². The average Bonchev–Trinajstić information content (AvgIpc) is 2.58. The lowest BCUT2D eigenvalue weighted by atomic mass is 10.00. The predicted octanol–water partition coefficient (Wildman–Crippen LogP) is 4.12. The van der Waals surface area contributed by atoms with Gasteiger partial charge >= 0.3 is 6.18 Å². The molecule has 0 aliphatic heterocycles. The van der Waals surface area contributed by atoms with Crippen molar-refractivity contribution in [2.45, 2.75) is 20.0 Å². The number of anilines is 1. The molecular weight excluding hydrogens is 343 g/mol. The normalized spacial score (nSPS) is 11.6. The van der Waals surface area contributed by atoms with Crippen molar-refractivity contribution >= 4 is 5.69 Å². The summed E-state index contributed by atoms with van der Waals surface area (Å²) in [5.74, 6) is 0. The highest BCUT2D eigenvalue weighted by Gasteiger charge is 2.30. The molecule has 0 saturated heterocycles. The fraction of sp³-hybridized carbons (Fsp3) is 0.158. The second-order valence-corrected chi connectivity index (χ2v) is 5.97. The van der Waals surface area contributed by atoms with Gasteiger partial charge in [-0.25, -0.2) is 0 Å². The molecule has 0 aliphatic rings. The summed E-state index contributed by atoms with van der Waals surface area (Å²) in [6, 6.07) is 11.4. The van der Waals surface area contributed by atoms with Gasteiger partial charge in [0.05, 0.1) is 16.9 Å². The van der Waals surface area contributed by atoms with Gasteiger partial charge in [-0.05, 0) is 55.8 Å². The highest BCUT2D eigenvalue weighted by molar-refractivity contribution is 5.71. The molecule has 0 radical (unpaired) electrons. The number of aryl methyl sites for hydroxylation is 1. The van der Waals surface area contributed by atoms with Gasteiger partial charge in [-0.15, -0.1) is 0 Å². The summed E-state index contributed by atoms with van der Waals surface area (Å²) in [5.41, 5.74) is 7.93. The Balaban J connectivity index is 2.13. The summed E-state index contributed by atoms with van der Waals surface area (Å²) >= 11 is 0. The van der Waals surface area contributed by atoms with Gasteiger partial charge in [0.1, 0.15) is 0 Å². The zero-order chi connectivity index (χ0) is 19.1. The first kappa shape index (κ1) is 17.7. The highest BCUT2D eigenvalue weighted by Crippen LogP contribution is 2.30. The van der Waals surface area contributed by atoms with E-state index >= 15 is 0 Å². The molecule has 0 saturated carbocycles. The molecule has 0 bridgehead atoms. The van der Waals surface area contributed by atoms with Crippen LogP contribution < -0.4 is 11.3 Å². The summed E-state index contributed by atoms with van der Waals surface area (Å²) in [7, 11) is 0. The van der Waals surface area contributed by atoms with Crippen molar-refractivity contribution in [3.63, 3.8) is 0 Å². The number of hydrogen-bond donors (Lipinski definition) is 1. The highest BCUT2D eigenvalue weighted by atomic mass is 19.4. The first-order valence-corrected chi connectivity index (χ1v) is 7.82. The zero-order valence-corrected chi connectivity index (χ0v) is 14.1. The summed E-state index contributed by atoms with van der Waals surface area (Å²) in [4.78, 5) is 12.7. The first-order chi connectivity index (χ1) is 12.2. The molecule has 2 N–H and O–H groups in total. The lowest BCUT2D eigenvalue weighted by Crippen LogP contribution is -2.25. The number of nitrogens with two attached hydrogens (primary N) is 1. The maximum Gasteiger partial charge on any atom is 0.416 e. The minimum absolute atomic E-state index is 0.272. The molecule has 1 heterocycles. The van der Waals surface area contributed by atoms with Crippen LogP contribution in [0, 0.1) is 13.8 Å². The second-order valence-electron chi connectivity index (χ2n) is 5.97. The third-order valence-corrected chi connectivity index (χ3v) is 4.11. The van der Waals surface area contributed by atoms with Gasteiger partial charge in [-0.1, -0.05) is 12.1 Å². The molecule has 134 valence electrons. The Hall–Kier alpha value is -3.09. The van der Waals surface area contributed by atoms with Gasteiger partial charge in [-0.2, -0.15) is 23.0 Å². The maximum atomic E-state index is 12.7. The van der Waals surface area contributed by atoms with Crippen molar-refractivity contribution < 1.29 is 13.2 Å². The number of halogens is 3. The Morgan fingerprint density at radius 1 is 1.04 bits per heavy atom. The van der Waals surface area contributed by atoms with Crippen molar-refractivity contribution in [1.29, 1.82) is 0 Å². The maximum absolute atomic E-state index is 12.7. The predicted molar refractivity (Wildman–Crippen MR) is 94.2 cm³/mol. The minimum atomic E-state index is -4.43. The van der Waals surface area contributed by atoms with Gasteiger partial charge in [0, 0.05) is 16.8 Å². The lowest BCUT2D eigenvalue weighted by molar-refractivity contribution is -0.137. The van der Waals surface area contributed by atoms with Crippen LogP contribution in [0.4, 0.5) is 18.9 Å². The molecule has 0 amide bonds. The van der Waals surface area contributed by atoms with Crippen molar-refractivity contribution in [2.24, 2.45) is 0 Å². The Morgan fingerprint density at radius 3 is 2.27 bits per heavy atom. The van der Waals surface area contributed by atoms with E-state index in [1.807, 2.05) is 6.07 Å². The van der Waals surface area contributed by atoms with Gasteiger partial charge in [0.15, 0.2) is 0 Å². The largest absolute Gasteiger partial charge is 0.416 e. The quantitative estimate of drug-likeness (QED) is 0.700. The van der Waals surface area contributed by atoms with Crippen LogP contribution in [-0.2, 0) is 6.18 Å². The monoisotopic (exact) mass is 359 g/mol. The number of benzene rings is 2. The summed E-state index contributed by atoms with van der Waals surface area (Å²) in [5, 5.41) is 4.28. The van der Waals surface area contributed by atoms with Crippen molar-refractivity contribution in [1.82, 2.24) is 9.78 Å². The van der Waals surface area contributed by atoms with E-state index in [4.69, 9.17) is 5.73 Å². The van der Waals surface area contributed by atoms with Gasteiger partial charge in [0.2, 0.25) is 0 Å². The molecule has 7 heteroatoms. The molecule has 3 rings (SSSR count). The van der Waals surface area contributed by atoms with Crippen LogP contribution in [0.1, 0.15) is 16.8 Å². The van der Waals surface area contributed by atoms with Crippen LogP contribution in [0.2, 0.25) is 0 Å². The molecule has 0 atom stereocenters. The zero-order valence-electron chi connectivity index (χ0n) is 14.1. The number of hydrogen-bond acceptors (Lipinski definition) is 3. The van der Waals surface area contributed by atoms with E-state index in [0.29, 0.717) is 22.5 Å². The number of aromatic nitrogens is 2. The second kappa shape index (κ2) is 6.33. The topological polar surface area (TPSA) is 60.9 Å². The van der Waals surface area contributed by atoms with E-state index in [1.165, 1.54) is 12.1 Å². The standard InChI is InChI=1S/C19H16F3N3O/c1-11-17(13-4-3-5-15(23)10-13)12(2)24-25(18(11)26)16-8-6-14(7-9-16)19(20,21)22/h3-10H,23H2,1-2H3. The Morgan fingerprint density at radius 2 is 1.69 bits per heavy atom. The molecule has 26 heavy (non-hydrogen) atoms. The van der Waals surface area contributed by atoms with E-state index in [-0.39, 0.29) is 5.69 Å². The Labute approximate surface area is 147 Å². The summed E-state index contributed by atoms with van der Waals surface area (Å²) in [6.45, 7) is 3.40. The fourth-order valence-corrected chi connectivity index (χ4v) is 2.87. The van der Waals surface area contributed by atoms with Crippen LogP contribution in [-0.4, -0.2) is 9.78 Å². The minimum Gasteiger partial charge on any atom is -0.399 e. The van der Waals surface area contributed by atoms with Crippen molar-refractivity contribution in [2.75, 3.05) is 5.73 Å². The van der Waals surface area contributed by atoms with Crippen LogP contribution in [0.25, 0.3) is 16.8 Å². The molecule has 0 aliphatic carbocycles. The van der Waals surface area contributed by atoms with Gasteiger partial charge in [-0.3, -0.25) is 4.79 Å². The number of alkyl halides is 3. The van der Waals surface area contributed by atoms with E-state index < -0.39 is 17.3 Å². The molecule has 0 spiro atoms.